The Bertz CT molecular complexity index is 1370. The molecule has 2 heterocycles. The normalized spacial score (nSPS) is 18.6. The van der Waals surface area contributed by atoms with Crippen LogP contribution >= 0.6 is 11.8 Å². The number of amides is 5. The SMILES string of the molecule is CC(=O)NCCCCCNC(=O)CCSC1CC(=O)N(CCNC(=O)CCC(C(=O)O)N2CCN(CC(=O)O)CCN(CC(=O)O)CCN(CC(=O)O)CC2)C1=O. The summed E-state index contributed by atoms with van der Waals surface area (Å²) in [6.07, 6.45) is 2.20. The minimum Gasteiger partial charge on any atom is -0.480 e. The van der Waals surface area contributed by atoms with Gasteiger partial charge in [-0.2, -0.15) is 0 Å². The third kappa shape index (κ3) is 20.6. The number of carboxylic acid groups (broad SMARTS) is 4. The van der Waals surface area contributed by atoms with Gasteiger partial charge in [-0.3, -0.25) is 67.7 Å². The number of carbonyl (C=O) groups excluding carboxylic acids is 5. The maximum atomic E-state index is 12.9. The Balaban J connectivity index is 1.88. The Labute approximate surface area is 335 Å². The van der Waals surface area contributed by atoms with Crippen molar-refractivity contribution < 1.29 is 63.6 Å². The van der Waals surface area contributed by atoms with Crippen molar-refractivity contribution in [3.63, 3.8) is 0 Å². The van der Waals surface area contributed by atoms with Crippen LogP contribution < -0.4 is 16.0 Å². The molecule has 2 unspecified atom stereocenters. The first-order chi connectivity index (χ1) is 27.0. The van der Waals surface area contributed by atoms with E-state index in [1.54, 1.807) is 19.6 Å². The third-order valence-corrected chi connectivity index (χ3v) is 10.6. The Morgan fingerprint density at radius 1 is 0.667 bits per heavy atom. The molecule has 2 rings (SSSR count). The van der Waals surface area contributed by atoms with Gasteiger partial charge in [0.05, 0.1) is 24.9 Å². The molecule has 2 aliphatic rings. The number of imide groups is 1. The lowest BCUT2D eigenvalue weighted by Crippen LogP contribution is -2.52. The number of rotatable bonds is 24. The van der Waals surface area contributed by atoms with Crippen LogP contribution in [0.1, 0.15) is 51.9 Å². The van der Waals surface area contributed by atoms with Gasteiger partial charge in [0.2, 0.25) is 29.5 Å². The maximum absolute atomic E-state index is 12.9. The molecule has 0 saturated carbocycles. The van der Waals surface area contributed by atoms with Crippen LogP contribution in [0, 0.1) is 0 Å². The molecule has 322 valence electrons. The van der Waals surface area contributed by atoms with Gasteiger partial charge in [-0.25, -0.2) is 0 Å². The molecule has 0 aromatic carbocycles. The van der Waals surface area contributed by atoms with E-state index in [1.165, 1.54) is 18.7 Å². The number of carbonyl (C=O) groups is 9. The lowest BCUT2D eigenvalue weighted by atomic mass is 10.1. The van der Waals surface area contributed by atoms with Gasteiger partial charge in [0.15, 0.2) is 0 Å². The molecule has 2 atom stereocenters. The van der Waals surface area contributed by atoms with Crippen molar-refractivity contribution in [2.24, 2.45) is 0 Å². The van der Waals surface area contributed by atoms with Crippen LogP contribution in [-0.2, 0) is 43.2 Å². The summed E-state index contributed by atoms with van der Waals surface area (Å²) < 4.78 is 0. The summed E-state index contributed by atoms with van der Waals surface area (Å²) in [6.45, 7) is 2.36. The minimum atomic E-state index is -1.23. The summed E-state index contributed by atoms with van der Waals surface area (Å²) in [5.74, 6) is -5.81. The molecule has 2 saturated heterocycles. The zero-order valence-electron chi connectivity index (χ0n) is 32.5. The van der Waals surface area contributed by atoms with Crippen molar-refractivity contribution in [1.82, 2.24) is 40.4 Å². The highest BCUT2D eigenvalue weighted by molar-refractivity contribution is 8.00. The molecule has 22 heteroatoms. The number of hydrogen-bond donors (Lipinski definition) is 7. The topological polar surface area (TPSA) is 287 Å². The highest BCUT2D eigenvalue weighted by atomic mass is 32.2. The first kappa shape index (κ1) is 48.8. The van der Waals surface area contributed by atoms with Crippen molar-refractivity contribution >= 4 is 65.2 Å². The quantitative estimate of drug-likeness (QED) is 0.0390. The van der Waals surface area contributed by atoms with E-state index in [9.17, 15) is 63.6 Å². The van der Waals surface area contributed by atoms with E-state index in [1.807, 2.05) is 0 Å². The summed E-state index contributed by atoms with van der Waals surface area (Å²) in [6, 6.07) is -1.19. The number of likely N-dealkylation sites (tertiary alicyclic amines) is 1. The van der Waals surface area contributed by atoms with Crippen molar-refractivity contribution in [2.75, 3.05) is 104 Å². The molecular weight excluding hydrogens is 772 g/mol. The van der Waals surface area contributed by atoms with Crippen LogP contribution in [0.25, 0.3) is 0 Å². The predicted molar refractivity (Wildman–Crippen MR) is 205 cm³/mol. The maximum Gasteiger partial charge on any atom is 0.320 e. The van der Waals surface area contributed by atoms with Crippen LogP contribution in [0.4, 0.5) is 0 Å². The van der Waals surface area contributed by atoms with Crippen molar-refractivity contribution in [1.29, 1.82) is 0 Å². The average Bonchev–Trinajstić information content (AvgIpc) is 3.38. The van der Waals surface area contributed by atoms with E-state index >= 15 is 0 Å². The molecule has 0 radical (unpaired) electrons. The fraction of sp³-hybridized carbons (Fsp3) is 0.743. The Hall–Kier alpha value is -4.38. The van der Waals surface area contributed by atoms with Gasteiger partial charge >= 0.3 is 23.9 Å². The predicted octanol–water partition coefficient (Wildman–Crippen LogP) is -2.52. The first-order valence-electron chi connectivity index (χ1n) is 19.1. The Kier molecular flexibility index (Phi) is 22.7. The van der Waals surface area contributed by atoms with Crippen LogP contribution in [0.2, 0.25) is 0 Å². The van der Waals surface area contributed by atoms with Gasteiger partial charge in [-0.05, 0) is 25.7 Å². The summed E-state index contributed by atoms with van der Waals surface area (Å²) in [5, 5.41) is 45.9. The third-order valence-electron chi connectivity index (χ3n) is 9.38. The number of nitrogens with one attached hydrogen (secondary N) is 3. The van der Waals surface area contributed by atoms with Gasteiger partial charge in [-0.15, -0.1) is 11.8 Å². The zero-order valence-corrected chi connectivity index (χ0v) is 33.3. The fourth-order valence-corrected chi connectivity index (χ4v) is 7.48. The minimum absolute atomic E-state index is 0.0299. The second kappa shape index (κ2) is 26.5. The van der Waals surface area contributed by atoms with E-state index in [4.69, 9.17) is 0 Å². The second-order valence-corrected chi connectivity index (χ2v) is 15.2. The van der Waals surface area contributed by atoms with E-state index in [-0.39, 0.29) is 123 Å². The van der Waals surface area contributed by atoms with E-state index in [2.05, 4.69) is 16.0 Å². The highest BCUT2D eigenvalue weighted by Gasteiger charge is 2.38. The van der Waals surface area contributed by atoms with Gasteiger partial charge in [0.25, 0.3) is 0 Å². The highest BCUT2D eigenvalue weighted by Crippen LogP contribution is 2.25. The van der Waals surface area contributed by atoms with Gasteiger partial charge in [-0.1, -0.05) is 0 Å². The van der Waals surface area contributed by atoms with Gasteiger partial charge in [0, 0.05) is 110 Å². The van der Waals surface area contributed by atoms with Crippen LogP contribution in [0.3, 0.4) is 0 Å². The summed E-state index contributed by atoms with van der Waals surface area (Å²) in [5.41, 5.74) is 0. The zero-order chi connectivity index (χ0) is 42.3. The number of thioether (sulfide) groups is 1. The van der Waals surface area contributed by atoms with Gasteiger partial charge in [0.1, 0.15) is 6.04 Å². The first-order valence-corrected chi connectivity index (χ1v) is 20.1. The smallest absolute Gasteiger partial charge is 0.320 e. The van der Waals surface area contributed by atoms with E-state index in [0.29, 0.717) is 18.8 Å². The molecule has 5 amide bonds. The standard InChI is InChI=1S/C35H58N8O13S/c1-25(44)36-8-3-2-4-9-37-29(46)7-20-57-27-21-30(47)43(34(27)54)11-10-38-28(45)6-5-26(35(55)56)42-18-16-40(23-32(50)51)14-12-39(22-31(48)49)13-15-41(17-19-42)24-33(52)53/h26-27H,2-24H2,1H3,(H,36,44)(H,37,46)(H,38,45)(H,48,49)(H,50,51)(H,52,53)(H,55,56). The number of nitrogens with zero attached hydrogens (tertiary/aromatic N) is 5. The molecule has 2 fully saturated rings. The molecule has 21 nitrogen and oxygen atoms in total. The molecule has 0 aromatic heterocycles. The van der Waals surface area contributed by atoms with Gasteiger partial charge < -0.3 is 36.4 Å². The summed E-state index contributed by atoms with van der Waals surface area (Å²) in [4.78, 5) is 116. The molecule has 0 aromatic rings. The number of hydrogen-bond acceptors (Lipinski definition) is 14. The van der Waals surface area contributed by atoms with Crippen LogP contribution in [0.5, 0.6) is 0 Å². The largest absolute Gasteiger partial charge is 0.480 e. The summed E-state index contributed by atoms with van der Waals surface area (Å²) >= 11 is 1.22. The molecule has 57 heavy (non-hydrogen) atoms. The molecule has 7 N–H and O–H groups in total. The lowest BCUT2D eigenvalue weighted by molar-refractivity contribution is -0.145. The number of aliphatic carboxylic acids is 4. The number of carboxylic acids is 4. The fourth-order valence-electron chi connectivity index (χ4n) is 6.36. The molecule has 0 aliphatic carbocycles. The van der Waals surface area contributed by atoms with E-state index in [0.717, 1.165) is 24.2 Å². The van der Waals surface area contributed by atoms with Crippen LogP contribution in [0.15, 0.2) is 0 Å². The average molecular weight is 831 g/mol. The number of unbranched alkanes of at least 4 members (excludes halogenated alkanes) is 2. The van der Waals surface area contributed by atoms with E-state index < -0.39 is 52.9 Å². The molecule has 0 spiro atoms. The Morgan fingerprint density at radius 2 is 1.14 bits per heavy atom. The second-order valence-electron chi connectivity index (χ2n) is 13.9. The van der Waals surface area contributed by atoms with Crippen molar-refractivity contribution in [3.8, 4) is 0 Å². The monoisotopic (exact) mass is 830 g/mol. The molecule has 0 bridgehead atoms. The Morgan fingerprint density at radius 3 is 1.63 bits per heavy atom. The van der Waals surface area contributed by atoms with Crippen molar-refractivity contribution in [3.05, 3.63) is 0 Å². The molecular formula is C35H58N8O13S. The molecule has 2 aliphatic heterocycles. The lowest BCUT2D eigenvalue weighted by Gasteiger charge is -2.35. The van der Waals surface area contributed by atoms with Crippen molar-refractivity contribution in [2.45, 2.75) is 63.2 Å². The summed E-state index contributed by atoms with van der Waals surface area (Å²) in [7, 11) is 0. The van der Waals surface area contributed by atoms with Crippen LogP contribution in [-0.4, -0.2) is 214 Å².